The summed E-state index contributed by atoms with van der Waals surface area (Å²) in [6.45, 7) is 4.38. The van der Waals surface area contributed by atoms with Crippen LogP contribution in [0, 0.1) is 0 Å². The zero-order valence-electron chi connectivity index (χ0n) is 14.6. The second kappa shape index (κ2) is 9.82. The molecule has 0 aliphatic heterocycles. The molecule has 0 unspecified atom stereocenters. The minimum Gasteiger partial charge on any atom is -0.494 e. The Morgan fingerprint density at radius 1 is 1.12 bits per heavy atom. The van der Waals surface area contributed by atoms with Crippen LogP contribution in [0.5, 0.6) is 17.2 Å². The second-order valence-electron chi connectivity index (χ2n) is 5.13. The van der Waals surface area contributed by atoms with Crippen molar-refractivity contribution in [3.63, 3.8) is 0 Å². The Labute approximate surface area is 160 Å². The maximum atomic E-state index is 10.7. The Morgan fingerprint density at radius 2 is 1.81 bits per heavy atom. The monoisotopic (exact) mass is 421 g/mol. The number of carboxylic acids is 1. The van der Waals surface area contributed by atoms with E-state index in [9.17, 15) is 4.79 Å². The molecule has 0 aliphatic carbocycles. The lowest BCUT2D eigenvalue weighted by molar-refractivity contribution is -0.139. The summed E-state index contributed by atoms with van der Waals surface area (Å²) >= 11 is 3.40. The zero-order valence-corrected chi connectivity index (χ0v) is 16.2. The number of aliphatic carboxylic acids is 1. The molecule has 7 heteroatoms. The summed E-state index contributed by atoms with van der Waals surface area (Å²) in [6, 6.07) is 11.0. The highest BCUT2D eigenvalue weighted by Crippen LogP contribution is 2.36. The summed E-state index contributed by atoms with van der Waals surface area (Å²) in [6.07, 6.45) is 1.70. The van der Waals surface area contributed by atoms with Gasteiger partial charge in [0.05, 0.1) is 23.4 Å². The zero-order chi connectivity index (χ0) is 18.9. The molecule has 2 aromatic rings. The number of carbonyl (C=O) groups is 1. The normalized spacial score (nSPS) is 10.7. The molecular weight excluding hydrogens is 402 g/mol. The van der Waals surface area contributed by atoms with Crippen molar-refractivity contribution in [3.8, 4) is 17.2 Å². The van der Waals surface area contributed by atoms with Crippen LogP contribution >= 0.6 is 15.9 Å². The van der Waals surface area contributed by atoms with Crippen LogP contribution < -0.4 is 14.2 Å². The van der Waals surface area contributed by atoms with Crippen LogP contribution in [0.4, 0.5) is 5.69 Å². The number of rotatable bonds is 9. The third kappa shape index (κ3) is 5.77. The molecule has 0 saturated carbocycles. The topological polar surface area (TPSA) is 77.4 Å². The van der Waals surface area contributed by atoms with E-state index >= 15 is 0 Å². The third-order valence-corrected chi connectivity index (χ3v) is 3.77. The number of nitrogens with zero attached hydrogens (tertiary/aromatic N) is 1. The Kier molecular flexibility index (Phi) is 7.47. The quantitative estimate of drug-likeness (QED) is 0.604. The fraction of sp³-hybridized carbons (Fsp3) is 0.263. The van der Waals surface area contributed by atoms with E-state index in [1.54, 1.807) is 18.3 Å². The first-order valence-electron chi connectivity index (χ1n) is 8.11. The minimum absolute atomic E-state index is 0.354. The van der Waals surface area contributed by atoms with Crippen molar-refractivity contribution in [1.82, 2.24) is 0 Å². The molecule has 0 atom stereocenters. The molecule has 1 N–H and O–H groups in total. The highest BCUT2D eigenvalue weighted by molar-refractivity contribution is 9.10. The van der Waals surface area contributed by atoms with Crippen molar-refractivity contribution in [2.24, 2.45) is 4.99 Å². The van der Waals surface area contributed by atoms with E-state index in [4.69, 9.17) is 19.3 Å². The molecule has 0 aromatic heterocycles. The maximum absolute atomic E-state index is 10.7. The van der Waals surface area contributed by atoms with E-state index in [1.165, 1.54) is 0 Å². The van der Waals surface area contributed by atoms with Gasteiger partial charge in [-0.15, -0.1) is 0 Å². The van der Waals surface area contributed by atoms with Crippen molar-refractivity contribution >= 4 is 33.8 Å². The lowest BCUT2D eigenvalue weighted by Gasteiger charge is -2.13. The molecule has 2 rings (SSSR count). The fourth-order valence-corrected chi connectivity index (χ4v) is 2.72. The molecule has 0 fully saturated rings. The number of ether oxygens (including phenoxy) is 3. The number of halogens is 1. The lowest BCUT2D eigenvalue weighted by atomic mass is 10.2. The molecule has 0 spiro atoms. The molecule has 138 valence electrons. The van der Waals surface area contributed by atoms with Gasteiger partial charge in [0.25, 0.3) is 0 Å². The van der Waals surface area contributed by atoms with Gasteiger partial charge in [-0.05, 0) is 71.7 Å². The van der Waals surface area contributed by atoms with Gasteiger partial charge >= 0.3 is 5.97 Å². The van der Waals surface area contributed by atoms with Crippen LogP contribution in [0.25, 0.3) is 0 Å². The van der Waals surface area contributed by atoms with Gasteiger partial charge < -0.3 is 19.3 Å². The van der Waals surface area contributed by atoms with Gasteiger partial charge in [0.15, 0.2) is 18.1 Å². The van der Waals surface area contributed by atoms with Crippen molar-refractivity contribution in [2.45, 2.75) is 13.8 Å². The summed E-state index contributed by atoms with van der Waals surface area (Å²) in [5.74, 6) is 0.553. The molecule has 0 bridgehead atoms. The number of carboxylic acid groups (broad SMARTS) is 1. The summed E-state index contributed by atoms with van der Waals surface area (Å²) in [5, 5.41) is 8.79. The van der Waals surface area contributed by atoms with Crippen LogP contribution in [0.15, 0.2) is 45.9 Å². The molecule has 0 aliphatic rings. The molecule has 26 heavy (non-hydrogen) atoms. The van der Waals surface area contributed by atoms with Gasteiger partial charge in [-0.3, -0.25) is 4.99 Å². The van der Waals surface area contributed by atoms with Crippen LogP contribution in [0.1, 0.15) is 19.4 Å². The van der Waals surface area contributed by atoms with Gasteiger partial charge in [-0.1, -0.05) is 0 Å². The maximum Gasteiger partial charge on any atom is 0.341 e. The summed E-state index contributed by atoms with van der Waals surface area (Å²) in [4.78, 5) is 15.2. The van der Waals surface area contributed by atoms with E-state index in [0.29, 0.717) is 29.2 Å². The fourth-order valence-electron chi connectivity index (χ4n) is 2.14. The summed E-state index contributed by atoms with van der Waals surface area (Å²) in [7, 11) is 0. The Hall–Kier alpha value is -2.54. The second-order valence-corrected chi connectivity index (χ2v) is 5.98. The van der Waals surface area contributed by atoms with Crippen LogP contribution in [-0.2, 0) is 4.79 Å². The number of aliphatic imine (C=N–C) groups is 1. The van der Waals surface area contributed by atoms with Crippen molar-refractivity contribution in [2.75, 3.05) is 19.8 Å². The molecule has 0 radical (unpaired) electrons. The smallest absolute Gasteiger partial charge is 0.341 e. The van der Waals surface area contributed by atoms with Crippen molar-refractivity contribution in [1.29, 1.82) is 0 Å². The van der Waals surface area contributed by atoms with Gasteiger partial charge in [0.1, 0.15) is 5.75 Å². The largest absolute Gasteiger partial charge is 0.494 e. The highest BCUT2D eigenvalue weighted by atomic mass is 79.9. The van der Waals surface area contributed by atoms with Gasteiger partial charge in [0.2, 0.25) is 0 Å². The number of benzene rings is 2. The van der Waals surface area contributed by atoms with E-state index in [1.807, 2.05) is 38.1 Å². The molecule has 0 heterocycles. The lowest BCUT2D eigenvalue weighted by Crippen LogP contribution is -2.11. The first-order chi connectivity index (χ1) is 12.5. The standard InChI is InChI=1S/C19H20BrNO5/c1-3-24-15-7-5-14(6-8-15)21-11-13-9-16(20)19(26-12-18(22)23)17(10-13)25-4-2/h5-11H,3-4,12H2,1-2H3,(H,22,23). The molecule has 6 nitrogen and oxygen atoms in total. The minimum atomic E-state index is -1.06. The summed E-state index contributed by atoms with van der Waals surface area (Å²) in [5.41, 5.74) is 1.57. The Balaban J connectivity index is 2.21. The SMILES string of the molecule is CCOc1ccc(N=Cc2cc(Br)c(OCC(=O)O)c(OCC)c2)cc1. The number of hydrogen-bond acceptors (Lipinski definition) is 5. The third-order valence-electron chi connectivity index (χ3n) is 3.18. The van der Waals surface area contributed by atoms with E-state index < -0.39 is 12.6 Å². The Bertz CT molecular complexity index is 774. The molecule has 0 saturated heterocycles. The van der Waals surface area contributed by atoms with Crippen LogP contribution in [-0.4, -0.2) is 37.1 Å². The Morgan fingerprint density at radius 3 is 2.42 bits per heavy atom. The first-order valence-corrected chi connectivity index (χ1v) is 8.90. The predicted molar refractivity (Wildman–Crippen MR) is 103 cm³/mol. The van der Waals surface area contributed by atoms with E-state index in [-0.39, 0.29) is 0 Å². The van der Waals surface area contributed by atoms with E-state index in [0.717, 1.165) is 17.0 Å². The molecule has 2 aromatic carbocycles. The first kappa shape index (κ1) is 19.8. The average Bonchev–Trinajstić information content (AvgIpc) is 2.61. The van der Waals surface area contributed by atoms with Gasteiger partial charge in [-0.2, -0.15) is 0 Å². The van der Waals surface area contributed by atoms with Gasteiger partial charge in [0, 0.05) is 6.21 Å². The average molecular weight is 422 g/mol. The molecule has 0 amide bonds. The van der Waals surface area contributed by atoms with Crippen molar-refractivity contribution < 1.29 is 24.1 Å². The number of hydrogen-bond donors (Lipinski definition) is 1. The predicted octanol–water partition coefficient (Wildman–Crippen LogP) is 4.46. The summed E-state index contributed by atoms with van der Waals surface area (Å²) < 4.78 is 16.9. The van der Waals surface area contributed by atoms with Crippen molar-refractivity contribution in [3.05, 3.63) is 46.4 Å². The molecular formula is C19H20BrNO5. The highest BCUT2D eigenvalue weighted by Gasteiger charge is 2.13. The van der Waals surface area contributed by atoms with Crippen LogP contribution in [0.2, 0.25) is 0 Å². The van der Waals surface area contributed by atoms with Gasteiger partial charge in [-0.25, -0.2) is 4.79 Å². The van der Waals surface area contributed by atoms with Crippen LogP contribution in [0.3, 0.4) is 0 Å². The van der Waals surface area contributed by atoms with E-state index in [2.05, 4.69) is 20.9 Å².